The topological polar surface area (TPSA) is 144 Å². The maximum Gasteiger partial charge on any atom is 0.269 e. The molecular weight excluding hydrogens is 484 g/mol. The molecule has 9 nitrogen and oxygen atoms in total. The Morgan fingerprint density at radius 2 is 1.85 bits per heavy atom. The van der Waals surface area contributed by atoms with E-state index in [4.69, 9.17) is 5.14 Å². The predicted molar refractivity (Wildman–Crippen MR) is 129 cm³/mol. The molecule has 0 fully saturated rings. The number of carbonyl (C=O) groups excluding carboxylic acids is 1. The van der Waals surface area contributed by atoms with E-state index >= 15 is 0 Å². The Kier molecular flexibility index (Phi) is 6.26. The number of carbonyl (C=O) groups is 1. The van der Waals surface area contributed by atoms with E-state index in [1.807, 2.05) is 36.6 Å². The largest absolute Gasteiger partial charge is 0.505 e. The number of sulfonamides is 1. The molecule has 4 N–H and O–H groups in total. The van der Waals surface area contributed by atoms with Crippen molar-refractivity contribution >= 4 is 55.1 Å². The molecule has 12 heteroatoms. The van der Waals surface area contributed by atoms with Crippen molar-refractivity contribution in [3.05, 3.63) is 76.1 Å². The zero-order valence-electron chi connectivity index (χ0n) is 17.2. The van der Waals surface area contributed by atoms with Gasteiger partial charge < -0.3 is 10.4 Å². The second-order valence-corrected chi connectivity index (χ2v) is 10.5. The number of aromatic hydroxyl groups is 1. The molecule has 4 aromatic rings. The number of fused-ring (bicyclic) bond motifs is 1. The first-order valence-electron chi connectivity index (χ1n) is 9.48. The van der Waals surface area contributed by atoms with Crippen LogP contribution in [0.4, 0.5) is 5.69 Å². The standard InChI is InChI=1S/C21H18N4O5S3/c1-31-21-24-18-17(32-21)16(26)15(20(28)25(18)11-12-7-3-2-4-8-12)19(27)23-13-9-5-6-10-14(13)33(22,29)30/h2-10,26H,11H2,1H3,(H,23,27)(H2,22,29,30). The highest BCUT2D eigenvalue weighted by molar-refractivity contribution is 8.00. The van der Waals surface area contributed by atoms with E-state index in [2.05, 4.69) is 10.3 Å². The molecule has 33 heavy (non-hydrogen) atoms. The van der Waals surface area contributed by atoms with Crippen LogP contribution in [0.15, 0.2) is 68.6 Å². The lowest BCUT2D eigenvalue weighted by atomic mass is 10.2. The van der Waals surface area contributed by atoms with Gasteiger partial charge in [-0.05, 0) is 24.0 Å². The quantitative estimate of drug-likeness (QED) is 0.344. The molecule has 0 radical (unpaired) electrons. The predicted octanol–water partition coefficient (Wildman–Crippen LogP) is 2.83. The normalized spacial score (nSPS) is 11.6. The summed E-state index contributed by atoms with van der Waals surface area (Å²) >= 11 is 2.49. The summed E-state index contributed by atoms with van der Waals surface area (Å²) in [6, 6.07) is 14.7. The van der Waals surface area contributed by atoms with E-state index in [1.54, 1.807) is 0 Å². The van der Waals surface area contributed by atoms with Gasteiger partial charge in [0.1, 0.15) is 15.2 Å². The van der Waals surface area contributed by atoms with Gasteiger partial charge in [-0.1, -0.05) is 54.2 Å². The molecule has 4 rings (SSSR count). The van der Waals surface area contributed by atoms with Gasteiger partial charge in [-0.25, -0.2) is 18.5 Å². The van der Waals surface area contributed by atoms with Crippen molar-refractivity contribution in [2.24, 2.45) is 5.14 Å². The number of thiazole rings is 1. The van der Waals surface area contributed by atoms with Gasteiger partial charge in [0.2, 0.25) is 10.0 Å². The highest BCUT2D eigenvalue weighted by Gasteiger charge is 2.26. The van der Waals surface area contributed by atoms with Crippen LogP contribution < -0.4 is 16.0 Å². The minimum absolute atomic E-state index is 0.104. The van der Waals surface area contributed by atoms with Crippen molar-refractivity contribution in [2.75, 3.05) is 11.6 Å². The Labute approximate surface area is 197 Å². The van der Waals surface area contributed by atoms with Crippen LogP contribution in [0.5, 0.6) is 5.75 Å². The van der Waals surface area contributed by atoms with Crippen molar-refractivity contribution in [2.45, 2.75) is 15.8 Å². The lowest BCUT2D eigenvalue weighted by molar-refractivity contribution is 0.102. The molecule has 0 saturated heterocycles. The van der Waals surface area contributed by atoms with Gasteiger partial charge in [0, 0.05) is 0 Å². The minimum Gasteiger partial charge on any atom is -0.505 e. The number of nitrogens with one attached hydrogen (secondary N) is 1. The van der Waals surface area contributed by atoms with Gasteiger partial charge in [0.15, 0.2) is 15.7 Å². The Morgan fingerprint density at radius 3 is 2.52 bits per heavy atom. The monoisotopic (exact) mass is 502 g/mol. The molecule has 170 valence electrons. The molecule has 2 heterocycles. The number of nitrogens with zero attached hydrogens (tertiary/aromatic N) is 2. The summed E-state index contributed by atoms with van der Waals surface area (Å²) in [6.07, 6.45) is 1.81. The fourth-order valence-corrected chi connectivity index (χ4v) is 5.49. The average molecular weight is 503 g/mol. The smallest absolute Gasteiger partial charge is 0.269 e. The van der Waals surface area contributed by atoms with Gasteiger partial charge in [-0.3, -0.25) is 14.2 Å². The Hall–Kier alpha value is -3.19. The molecular formula is C21H18N4O5S3. The fourth-order valence-electron chi connectivity index (χ4n) is 3.28. The third-order valence-corrected chi connectivity index (χ3v) is 7.79. The molecule has 0 aliphatic carbocycles. The highest BCUT2D eigenvalue weighted by Crippen LogP contribution is 2.35. The summed E-state index contributed by atoms with van der Waals surface area (Å²) in [5.41, 5.74) is -0.313. The van der Waals surface area contributed by atoms with Crippen LogP contribution in [0.3, 0.4) is 0 Å². The minimum atomic E-state index is -4.14. The highest BCUT2D eigenvalue weighted by atomic mass is 32.2. The van der Waals surface area contributed by atoms with Gasteiger partial charge >= 0.3 is 0 Å². The molecule has 2 aromatic heterocycles. The second kappa shape index (κ2) is 8.98. The van der Waals surface area contributed by atoms with Gasteiger partial charge in [0.25, 0.3) is 11.5 Å². The fraction of sp³-hybridized carbons (Fsp3) is 0.0952. The molecule has 0 bridgehead atoms. The number of anilines is 1. The van der Waals surface area contributed by atoms with Crippen molar-refractivity contribution in [1.29, 1.82) is 0 Å². The first-order valence-corrected chi connectivity index (χ1v) is 13.1. The molecule has 1 amide bonds. The van der Waals surface area contributed by atoms with Crippen LogP contribution in [0.1, 0.15) is 15.9 Å². The van der Waals surface area contributed by atoms with Gasteiger partial charge in [-0.15, -0.1) is 11.3 Å². The summed E-state index contributed by atoms with van der Waals surface area (Å²) < 4.78 is 26.0. The van der Waals surface area contributed by atoms with Crippen molar-refractivity contribution in [3.63, 3.8) is 0 Å². The molecule has 0 spiro atoms. The Balaban J connectivity index is 1.88. The van der Waals surface area contributed by atoms with Gasteiger partial charge in [-0.2, -0.15) is 0 Å². The first kappa shape index (κ1) is 23.0. The van der Waals surface area contributed by atoms with E-state index in [1.165, 1.54) is 40.6 Å². The zero-order chi connectivity index (χ0) is 23.8. The SMILES string of the molecule is CSc1nc2c(s1)c(O)c(C(=O)Nc1ccccc1S(N)(=O)=O)c(=O)n2Cc1ccccc1. The maximum absolute atomic E-state index is 13.4. The number of aromatic nitrogens is 2. The molecule has 0 saturated carbocycles. The average Bonchev–Trinajstić information content (AvgIpc) is 3.22. The van der Waals surface area contributed by atoms with Crippen LogP contribution in [-0.4, -0.2) is 35.2 Å². The molecule has 0 atom stereocenters. The van der Waals surface area contributed by atoms with Crippen LogP contribution in [0.25, 0.3) is 10.3 Å². The van der Waals surface area contributed by atoms with Crippen molar-refractivity contribution < 1.29 is 18.3 Å². The van der Waals surface area contributed by atoms with E-state index in [0.717, 1.165) is 16.9 Å². The lowest BCUT2D eigenvalue weighted by Gasteiger charge is -2.13. The molecule has 0 aliphatic rings. The van der Waals surface area contributed by atoms with Crippen LogP contribution in [0, 0.1) is 0 Å². The third kappa shape index (κ3) is 4.50. The molecule has 2 aromatic carbocycles. The number of thioether (sulfide) groups is 1. The van der Waals surface area contributed by atoms with E-state index < -0.39 is 32.8 Å². The van der Waals surface area contributed by atoms with Crippen LogP contribution in [0.2, 0.25) is 0 Å². The van der Waals surface area contributed by atoms with Crippen LogP contribution >= 0.6 is 23.1 Å². The zero-order valence-corrected chi connectivity index (χ0v) is 19.6. The van der Waals surface area contributed by atoms with E-state index in [-0.39, 0.29) is 27.5 Å². The number of nitrogens with two attached hydrogens (primary N) is 1. The summed E-state index contributed by atoms with van der Waals surface area (Å²) in [6.45, 7) is 0.127. The Bertz CT molecular complexity index is 1530. The molecule has 0 aliphatic heterocycles. The number of amides is 1. The number of benzene rings is 2. The summed E-state index contributed by atoms with van der Waals surface area (Å²) in [5, 5.41) is 18.5. The lowest BCUT2D eigenvalue weighted by Crippen LogP contribution is -2.30. The van der Waals surface area contributed by atoms with Gasteiger partial charge in [0.05, 0.1) is 12.2 Å². The molecule has 0 unspecified atom stereocenters. The van der Waals surface area contributed by atoms with Crippen molar-refractivity contribution in [1.82, 2.24) is 9.55 Å². The number of hydrogen-bond acceptors (Lipinski definition) is 8. The maximum atomic E-state index is 13.4. The summed E-state index contributed by atoms with van der Waals surface area (Å²) in [5.74, 6) is -1.47. The first-order chi connectivity index (χ1) is 15.7. The number of para-hydroxylation sites is 1. The second-order valence-electron chi connectivity index (χ2n) is 6.93. The summed E-state index contributed by atoms with van der Waals surface area (Å²) in [7, 11) is -4.14. The number of hydrogen-bond donors (Lipinski definition) is 3. The van der Waals surface area contributed by atoms with E-state index in [0.29, 0.717) is 4.34 Å². The van der Waals surface area contributed by atoms with Crippen LogP contribution in [-0.2, 0) is 16.6 Å². The summed E-state index contributed by atoms with van der Waals surface area (Å²) in [4.78, 5) is 30.6. The Morgan fingerprint density at radius 1 is 1.18 bits per heavy atom. The van der Waals surface area contributed by atoms with Crippen molar-refractivity contribution in [3.8, 4) is 5.75 Å². The number of rotatable bonds is 6. The number of pyridine rings is 1. The third-order valence-electron chi connectivity index (χ3n) is 4.78. The number of primary sulfonamides is 1. The van der Waals surface area contributed by atoms with E-state index in [9.17, 15) is 23.1 Å².